The lowest BCUT2D eigenvalue weighted by molar-refractivity contribution is -0.896. The van der Waals surface area contributed by atoms with Crippen molar-refractivity contribution in [1.29, 1.82) is 0 Å². The lowest BCUT2D eigenvalue weighted by Gasteiger charge is -2.31. The number of hydrogen-bond donors (Lipinski definition) is 2. The van der Waals surface area contributed by atoms with Crippen LogP contribution in [0.25, 0.3) is 0 Å². The quantitative estimate of drug-likeness (QED) is 0.638. The van der Waals surface area contributed by atoms with Gasteiger partial charge in [0.1, 0.15) is 5.75 Å². The standard InChI is InChI=1S/C18H25Cl2N3O3/c1-2-3-6-21-17(24)12-22-7-9-23(10-8-22)18(25)13-26-16-5-4-14(19)11-15(16)20/h4-5,11H,2-3,6-10,12-13H2,1H3,(H,21,24)/p+1. The van der Waals surface area contributed by atoms with Gasteiger partial charge in [0.25, 0.3) is 11.8 Å². The molecule has 1 aromatic carbocycles. The lowest BCUT2D eigenvalue weighted by Crippen LogP contribution is -3.15. The Labute approximate surface area is 164 Å². The van der Waals surface area contributed by atoms with Crippen LogP contribution in [0.3, 0.4) is 0 Å². The SMILES string of the molecule is CCCCNC(=O)C[NH+]1CCN(C(=O)COc2ccc(Cl)cc2Cl)CC1. The van der Waals surface area contributed by atoms with E-state index in [9.17, 15) is 9.59 Å². The molecule has 2 amide bonds. The van der Waals surface area contributed by atoms with E-state index < -0.39 is 0 Å². The summed E-state index contributed by atoms with van der Waals surface area (Å²) in [6.07, 6.45) is 2.07. The normalized spacial score (nSPS) is 15.0. The molecule has 0 aliphatic carbocycles. The highest BCUT2D eigenvalue weighted by Crippen LogP contribution is 2.27. The lowest BCUT2D eigenvalue weighted by atomic mass is 10.3. The molecule has 1 fully saturated rings. The Kier molecular flexibility index (Phi) is 8.48. The first kappa shape index (κ1) is 20.8. The number of benzene rings is 1. The van der Waals surface area contributed by atoms with Crippen LogP contribution in [-0.4, -0.2) is 62.6 Å². The van der Waals surface area contributed by atoms with Gasteiger partial charge >= 0.3 is 0 Å². The first-order valence-corrected chi connectivity index (χ1v) is 9.71. The first-order chi connectivity index (χ1) is 12.5. The predicted octanol–water partition coefficient (Wildman–Crippen LogP) is 1.02. The van der Waals surface area contributed by atoms with Crippen molar-refractivity contribution >= 4 is 35.0 Å². The summed E-state index contributed by atoms with van der Waals surface area (Å²) in [6, 6.07) is 4.90. The van der Waals surface area contributed by atoms with Crippen molar-refractivity contribution in [2.24, 2.45) is 0 Å². The van der Waals surface area contributed by atoms with Gasteiger partial charge in [0.05, 0.1) is 31.2 Å². The molecule has 1 aliphatic heterocycles. The minimum atomic E-state index is -0.0811. The summed E-state index contributed by atoms with van der Waals surface area (Å²) in [5, 5.41) is 3.83. The van der Waals surface area contributed by atoms with E-state index in [0.29, 0.717) is 35.4 Å². The zero-order chi connectivity index (χ0) is 18.9. The van der Waals surface area contributed by atoms with Crippen molar-refractivity contribution in [3.8, 4) is 5.75 Å². The summed E-state index contributed by atoms with van der Waals surface area (Å²) in [4.78, 5) is 27.1. The van der Waals surface area contributed by atoms with Crippen molar-refractivity contribution in [1.82, 2.24) is 10.2 Å². The first-order valence-electron chi connectivity index (χ1n) is 8.95. The van der Waals surface area contributed by atoms with Crippen molar-refractivity contribution in [3.63, 3.8) is 0 Å². The largest absolute Gasteiger partial charge is 0.482 e. The summed E-state index contributed by atoms with van der Waals surface area (Å²) >= 11 is 11.9. The number of carbonyl (C=O) groups is 2. The Morgan fingerprint density at radius 1 is 1.27 bits per heavy atom. The van der Waals surface area contributed by atoms with Gasteiger partial charge in [-0.25, -0.2) is 0 Å². The van der Waals surface area contributed by atoms with Gasteiger partial charge in [-0.2, -0.15) is 0 Å². The Hall–Kier alpha value is -1.50. The second kappa shape index (κ2) is 10.6. The third-order valence-electron chi connectivity index (χ3n) is 4.33. The van der Waals surface area contributed by atoms with Crippen LogP contribution in [0.15, 0.2) is 18.2 Å². The molecule has 6 nitrogen and oxygen atoms in total. The van der Waals surface area contributed by atoms with Gasteiger partial charge < -0.3 is 19.9 Å². The highest BCUT2D eigenvalue weighted by atomic mass is 35.5. The molecule has 1 aromatic rings. The van der Waals surface area contributed by atoms with Crippen LogP contribution in [0.5, 0.6) is 5.75 Å². The van der Waals surface area contributed by atoms with Gasteiger partial charge in [-0.3, -0.25) is 9.59 Å². The zero-order valence-electron chi connectivity index (χ0n) is 15.0. The number of quaternary nitrogens is 1. The summed E-state index contributed by atoms with van der Waals surface area (Å²) in [6.45, 7) is 5.98. The second-order valence-electron chi connectivity index (χ2n) is 6.37. The van der Waals surface area contributed by atoms with Crippen LogP contribution in [0.2, 0.25) is 10.0 Å². The second-order valence-corrected chi connectivity index (χ2v) is 7.22. The monoisotopic (exact) mass is 402 g/mol. The number of piperazine rings is 1. The molecule has 2 N–H and O–H groups in total. The zero-order valence-corrected chi connectivity index (χ0v) is 16.5. The highest BCUT2D eigenvalue weighted by Gasteiger charge is 2.25. The number of nitrogens with zero attached hydrogens (tertiary/aromatic N) is 1. The topological polar surface area (TPSA) is 63.1 Å². The van der Waals surface area contributed by atoms with Crippen LogP contribution in [-0.2, 0) is 9.59 Å². The summed E-state index contributed by atoms with van der Waals surface area (Å²) < 4.78 is 5.50. The molecule has 26 heavy (non-hydrogen) atoms. The smallest absolute Gasteiger partial charge is 0.275 e. The van der Waals surface area contributed by atoms with E-state index in [4.69, 9.17) is 27.9 Å². The van der Waals surface area contributed by atoms with E-state index in [0.717, 1.165) is 32.5 Å². The van der Waals surface area contributed by atoms with Gasteiger partial charge in [-0.15, -0.1) is 0 Å². The van der Waals surface area contributed by atoms with Crippen LogP contribution in [0.4, 0.5) is 0 Å². The van der Waals surface area contributed by atoms with Gasteiger partial charge in [-0.1, -0.05) is 36.5 Å². The van der Waals surface area contributed by atoms with Crippen LogP contribution in [0.1, 0.15) is 19.8 Å². The molecular formula is C18H26Cl2N3O3+. The molecule has 0 radical (unpaired) electrons. The van der Waals surface area contributed by atoms with Crippen molar-refractivity contribution < 1.29 is 19.2 Å². The Morgan fingerprint density at radius 2 is 2.00 bits per heavy atom. The van der Waals surface area contributed by atoms with Gasteiger partial charge in [0.15, 0.2) is 13.2 Å². The summed E-state index contributed by atoms with van der Waals surface area (Å²) in [5.41, 5.74) is 0. The average Bonchev–Trinajstić information content (AvgIpc) is 2.61. The van der Waals surface area contributed by atoms with Crippen LogP contribution >= 0.6 is 23.2 Å². The molecule has 0 saturated carbocycles. The molecule has 0 atom stereocenters. The number of nitrogens with one attached hydrogen (secondary N) is 2. The fraction of sp³-hybridized carbons (Fsp3) is 0.556. The van der Waals surface area contributed by atoms with Crippen LogP contribution in [0, 0.1) is 0 Å². The molecule has 0 aromatic heterocycles. The molecule has 2 rings (SSSR count). The Balaban J connectivity index is 1.70. The summed E-state index contributed by atoms with van der Waals surface area (Å²) in [7, 11) is 0. The minimum Gasteiger partial charge on any atom is -0.482 e. The van der Waals surface area contributed by atoms with E-state index in [2.05, 4.69) is 12.2 Å². The number of rotatable bonds is 8. The minimum absolute atomic E-state index is 0.0613. The Bertz CT molecular complexity index is 620. The predicted molar refractivity (Wildman–Crippen MR) is 102 cm³/mol. The molecule has 1 heterocycles. The van der Waals surface area contributed by atoms with E-state index in [-0.39, 0.29) is 18.4 Å². The number of halogens is 2. The van der Waals surface area contributed by atoms with Gasteiger partial charge in [0.2, 0.25) is 0 Å². The molecule has 1 saturated heterocycles. The molecule has 8 heteroatoms. The van der Waals surface area contributed by atoms with Gasteiger partial charge in [-0.05, 0) is 24.6 Å². The fourth-order valence-corrected chi connectivity index (χ4v) is 3.23. The maximum absolute atomic E-state index is 12.3. The van der Waals surface area contributed by atoms with Crippen LogP contribution < -0.4 is 15.0 Å². The van der Waals surface area contributed by atoms with Crippen molar-refractivity contribution in [2.75, 3.05) is 45.9 Å². The van der Waals surface area contributed by atoms with E-state index >= 15 is 0 Å². The maximum atomic E-state index is 12.3. The summed E-state index contributed by atoms with van der Waals surface area (Å²) in [5.74, 6) is 0.439. The van der Waals surface area contributed by atoms with Gasteiger partial charge in [0, 0.05) is 11.6 Å². The molecule has 1 aliphatic rings. The third-order valence-corrected chi connectivity index (χ3v) is 4.86. The molecular weight excluding hydrogens is 377 g/mol. The Morgan fingerprint density at radius 3 is 2.65 bits per heavy atom. The number of carbonyl (C=O) groups excluding carboxylic acids is 2. The average molecular weight is 403 g/mol. The van der Waals surface area contributed by atoms with E-state index in [1.54, 1.807) is 23.1 Å². The number of hydrogen-bond acceptors (Lipinski definition) is 3. The van der Waals surface area contributed by atoms with E-state index in [1.165, 1.54) is 4.90 Å². The van der Waals surface area contributed by atoms with Crippen molar-refractivity contribution in [3.05, 3.63) is 28.2 Å². The number of amides is 2. The maximum Gasteiger partial charge on any atom is 0.275 e. The van der Waals surface area contributed by atoms with Crippen molar-refractivity contribution in [2.45, 2.75) is 19.8 Å². The fourth-order valence-electron chi connectivity index (χ4n) is 2.77. The highest BCUT2D eigenvalue weighted by molar-refractivity contribution is 6.35. The van der Waals surface area contributed by atoms with E-state index in [1.807, 2.05) is 0 Å². The molecule has 144 valence electrons. The number of ether oxygens (including phenoxy) is 1. The molecule has 0 unspecified atom stereocenters. The molecule has 0 spiro atoms. The molecule has 0 bridgehead atoms. The number of unbranched alkanes of at least 4 members (excludes halogenated alkanes) is 1. The third kappa shape index (κ3) is 6.67.